The SMILES string of the molecule is C=CC(=O)OCCOc1ccc(C[C](C)O)cc1. The molecule has 1 radical (unpaired) electrons. The molecule has 4 nitrogen and oxygen atoms in total. The summed E-state index contributed by atoms with van der Waals surface area (Å²) in [5, 5.41) is 9.15. The second kappa shape index (κ2) is 7.50. The second-order valence-electron chi connectivity index (χ2n) is 3.78. The number of esters is 1. The van der Waals surface area contributed by atoms with Crippen molar-refractivity contribution >= 4 is 5.97 Å². The van der Waals surface area contributed by atoms with Crippen molar-refractivity contribution in [3.05, 3.63) is 48.6 Å². The highest BCUT2D eigenvalue weighted by Gasteiger charge is 2.01. The first-order valence-electron chi connectivity index (χ1n) is 5.64. The summed E-state index contributed by atoms with van der Waals surface area (Å²) >= 11 is 0. The van der Waals surface area contributed by atoms with Gasteiger partial charge in [0.05, 0.1) is 6.10 Å². The molecule has 0 saturated heterocycles. The zero-order valence-corrected chi connectivity index (χ0v) is 10.4. The zero-order valence-electron chi connectivity index (χ0n) is 10.4. The predicted molar refractivity (Wildman–Crippen MR) is 67.6 cm³/mol. The quantitative estimate of drug-likeness (QED) is 0.457. The summed E-state index contributed by atoms with van der Waals surface area (Å²) < 4.78 is 10.2. The van der Waals surface area contributed by atoms with Gasteiger partial charge in [-0.3, -0.25) is 0 Å². The monoisotopic (exact) mass is 249 g/mol. The van der Waals surface area contributed by atoms with Crippen LogP contribution in [0.3, 0.4) is 0 Å². The normalized spacial score (nSPS) is 10.2. The van der Waals surface area contributed by atoms with E-state index in [-0.39, 0.29) is 6.61 Å². The minimum atomic E-state index is -0.456. The Morgan fingerprint density at radius 2 is 2.00 bits per heavy atom. The van der Waals surface area contributed by atoms with Crippen molar-refractivity contribution in [2.75, 3.05) is 13.2 Å². The van der Waals surface area contributed by atoms with Gasteiger partial charge in [0.1, 0.15) is 19.0 Å². The first-order valence-corrected chi connectivity index (χ1v) is 5.64. The molecule has 1 N–H and O–H groups in total. The van der Waals surface area contributed by atoms with Gasteiger partial charge in [-0.25, -0.2) is 4.79 Å². The first kappa shape index (κ1) is 14.3. The molecule has 0 saturated carbocycles. The summed E-state index contributed by atoms with van der Waals surface area (Å²) in [6.45, 7) is 5.44. The van der Waals surface area contributed by atoms with Gasteiger partial charge in [0.25, 0.3) is 0 Å². The van der Waals surface area contributed by atoms with Crippen LogP contribution < -0.4 is 4.74 Å². The Kier molecular flexibility index (Phi) is 5.94. The van der Waals surface area contributed by atoms with Gasteiger partial charge >= 0.3 is 5.97 Å². The molecule has 18 heavy (non-hydrogen) atoms. The molecule has 0 bridgehead atoms. The van der Waals surface area contributed by atoms with E-state index in [1.165, 1.54) is 0 Å². The number of ether oxygens (including phenoxy) is 2. The highest BCUT2D eigenvalue weighted by molar-refractivity contribution is 5.81. The van der Waals surface area contributed by atoms with Gasteiger partial charge in [-0.1, -0.05) is 18.7 Å². The maximum atomic E-state index is 10.7. The van der Waals surface area contributed by atoms with Crippen LogP contribution >= 0.6 is 0 Å². The predicted octanol–water partition coefficient (Wildman–Crippen LogP) is 2.26. The largest absolute Gasteiger partial charge is 0.490 e. The third-order valence-electron chi connectivity index (χ3n) is 2.15. The van der Waals surface area contributed by atoms with Gasteiger partial charge in [0.15, 0.2) is 0 Å². The number of hydrogen-bond donors (Lipinski definition) is 1. The van der Waals surface area contributed by atoms with Crippen LogP contribution in [0, 0.1) is 6.10 Å². The van der Waals surface area contributed by atoms with Crippen LogP contribution in [0.5, 0.6) is 5.75 Å². The van der Waals surface area contributed by atoms with E-state index in [0.29, 0.717) is 24.9 Å². The maximum Gasteiger partial charge on any atom is 0.330 e. The van der Waals surface area contributed by atoms with E-state index in [0.717, 1.165) is 11.6 Å². The van der Waals surface area contributed by atoms with Crippen LogP contribution in [0.2, 0.25) is 0 Å². The molecule has 97 valence electrons. The molecular weight excluding hydrogens is 232 g/mol. The fraction of sp³-hybridized carbons (Fsp3) is 0.286. The molecule has 0 fully saturated rings. The Labute approximate surface area is 107 Å². The summed E-state index contributed by atoms with van der Waals surface area (Å²) in [6, 6.07) is 7.39. The molecule has 0 unspecified atom stereocenters. The summed E-state index contributed by atoms with van der Waals surface area (Å²) in [4.78, 5) is 10.7. The summed E-state index contributed by atoms with van der Waals surface area (Å²) in [5.74, 6) is 0.243. The smallest absolute Gasteiger partial charge is 0.330 e. The van der Waals surface area contributed by atoms with Crippen molar-refractivity contribution < 1.29 is 19.4 Å². The van der Waals surface area contributed by atoms with E-state index in [2.05, 4.69) is 6.58 Å². The second-order valence-corrected chi connectivity index (χ2v) is 3.78. The first-order chi connectivity index (χ1) is 8.61. The molecule has 0 aromatic heterocycles. The van der Waals surface area contributed by atoms with E-state index < -0.39 is 5.97 Å². The van der Waals surface area contributed by atoms with E-state index in [1.54, 1.807) is 6.92 Å². The molecule has 0 aliphatic carbocycles. The fourth-order valence-corrected chi connectivity index (χ4v) is 1.36. The molecule has 0 spiro atoms. The van der Waals surface area contributed by atoms with Crippen LogP contribution in [-0.4, -0.2) is 24.3 Å². The molecule has 1 rings (SSSR count). The maximum absolute atomic E-state index is 10.7. The highest BCUT2D eigenvalue weighted by atomic mass is 16.6. The van der Waals surface area contributed by atoms with E-state index >= 15 is 0 Å². The number of benzene rings is 1. The van der Waals surface area contributed by atoms with Gasteiger partial charge < -0.3 is 14.6 Å². The Bertz CT molecular complexity index is 381. The van der Waals surface area contributed by atoms with Crippen molar-refractivity contribution in [3.8, 4) is 5.75 Å². The molecule has 0 aliphatic heterocycles. The summed E-state index contributed by atoms with van der Waals surface area (Å²) in [5.41, 5.74) is 1.01. The standard InChI is InChI=1S/C14H17O4/c1-3-14(16)18-9-8-17-13-6-4-12(5-7-13)10-11(2)15/h3-7,15H,1,8-10H2,2H3. The topological polar surface area (TPSA) is 55.8 Å². The summed E-state index contributed by atoms with van der Waals surface area (Å²) in [6.07, 6.45) is 2.03. The third-order valence-corrected chi connectivity index (χ3v) is 2.15. The zero-order chi connectivity index (χ0) is 13.4. The number of carbonyl (C=O) groups excluding carboxylic acids is 1. The Balaban J connectivity index is 2.30. The van der Waals surface area contributed by atoms with Crippen molar-refractivity contribution in [2.24, 2.45) is 0 Å². The number of carbonyl (C=O) groups is 1. The number of hydrogen-bond acceptors (Lipinski definition) is 4. The van der Waals surface area contributed by atoms with Crippen LogP contribution in [0.15, 0.2) is 36.9 Å². The fourth-order valence-electron chi connectivity index (χ4n) is 1.36. The molecule has 0 aliphatic rings. The highest BCUT2D eigenvalue weighted by Crippen LogP contribution is 2.14. The molecular formula is C14H17O4. The van der Waals surface area contributed by atoms with Gasteiger partial charge in [-0.2, -0.15) is 0 Å². The number of rotatable bonds is 7. The van der Waals surface area contributed by atoms with Crippen LogP contribution in [0.25, 0.3) is 0 Å². The Morgan fingerprint density at radius 1 is 1.33 bits per heavy atom. The molecule has 0 heterocycles. The minimum absolute atomic E-state index is 0.191. The van der Waals surface area contributed by atoms with Crippen LogP contribution in [-0.2, 0) is 16.0 Å². The lowest BCUT2D eigenvalue weighted by atomic mass is 10.1. The molecule has 0 atom stereocenters. The Hall–Kier alpha value is -1.81. The van der Waals surface area contributed by atoms with Crippen molar-refractivity contribution in [1.29, 1.82) is 0 Å². The molecule has 1 aromatic rings. The minimum Gasteiger partial charge on any atom is -0.490 e. The van der Waals surface area contributed by atoms with Crippen LogP contribution in [0.4, 0.5) is 0 Å². The lowest BCUT2D eigenvalue weighted by Crippen LogP contribution is -2.10. The summed E-state index contributed by atoms with van der Waals surface area (Å²) in [7, 11) is 0. The van der Waals surface area contributed by atoms with Gasteiger partial charge in [0.2, 0.25) is 0 Å². The van der Waals surface area contributed by atoms with Crippen LogP contribution in [0.1, 0.15) is 12.5 Å². The van der Waals surface area contributed by atoms with Crippen molar-refractivity contribution in [3.63, 3.8) is 0 Å². The van der Waals surface area contributed by atoms with E-state index in [4.69, 9.17) is 14.6 Å². The average molecular weight is 249 g/mol. The van der Waals surface area contributed by atoms with Crippen molar-refractivity contribution in [1.82, 2.24) is 0 Å². The van der Waals surface area contributed by atoms with E-state index in [1.807, 2.05) is 24.3 Å². The number of aliphatic hydroxyl groups excluding tert-OH is 1. The third kappa shape index (κ3) is 5.50. The lowest BCUT2D eigenvalue weighted by Gasteiger charge is -2.08. The average Bonchev–Trinajstić information content (AvgIpc) is 2.35. The van der Waals surface area contributed by atoms with Crippen molar-refractivity contribution in [2.45, 2.75) is 13.3 Å². The van der Waals surface area contributed by atoms with E-state index in [9.17, 15) is 4.79 Å². The molecule has 0 amide bonds. The molecule has 4 heteroatoms. The molecule has 1 aromatic carbocycles. The lowest BCUT2D eigenvalue weighted by molar-refractivity contribution is -0.138. The Morgan fingerprint density at radius 3 is 2.56 bits per heavy atom. The van der Waals surface area contributed by atoms with Gasteiger partial charge in [0, 0.05) is 12.5 Å². The number of aliphatic hydroxyl groups is 1. The van der Waals surface area contributed by atoms with Gasteiger partial charge in [-0.15, -0.1) is 0 Å². The van der Waals surface area contributed by atoms with Gasteiger partial charge in [-0.05, 0) is 24.6 Å².